The second-order valence-corrected chi connectivity index (χ2v) is 6.52. The van der Waals surface area contributed by atoms with Gasteiger partial charge in [0.05, 0.1) is 11.3 Å². The van der Waals surface area contributed by atoms with E-state index in [0.717, 1.165) is 28.0 Å². The van der Waals surface area contributed by atoms with Crippen LogP contribution in [-0.4, -0.2) is 26.1 Å². The number of carbonyl (C=O) groups is 2. The minimum atomic E-state index is -0.323. The van der Waals surface area contributed by atoms with E-state index in [4.69, 9.17) is 12.2 Å². The number of rotatable bonds is 4. The lowest BCUT2D eigenvalue weighted by molar-refractivity contribution is -0.132. The molecule has 5 nitrogen and oxygen atoms in total. The Balaban J connectivity index is 1.67. The maximum absolute atomic E-state index is 12.4. The number of thioether (sulfide) groups is 1. The maximum atomic E-state index is 12.4. The molecule has 1 fully saturated rings. The van der Waals surface area contributed by atoms with Crippen molar-refractivity contribution in [1.82, 2.24) is 15.4 Å². The van der Waals surface area contributed by atoms with Gasteiger partial charge in [0.15, 0.2) is 4.32 Å². The Morgan fingerprint density at radius 3 is 2.74 bits per heavy atom. The fraction of sp³-hybridized carbons (Fsp3) is 0.0625. The fourth-order valence-electron chi connectivity index (χ4n) is 2.08. The van der Waals surface area contributed by atoms with E-state index in [-0.39, 0.29) is 18.2 Å². The van der Waals surface area contributed by atoms with Crippen LogP contribution in [0.25, 0.3) is 6.08 Å². The summed E-state index contributed by atoms with van der Waals surface area (Å²) in [5.74, 6) is -0.607. The van der Waals surface area contributed by atoms with Gasteiger partial charge in [-0.3, -0.25) is 15.0 Å². The lowest BCUT2D eigenvalue weighted by atomic mass is 10.1. The van der Waals surface area contributed by atoms with Crippen molar-refractivity contribution in [3.05, 3.63) is 64.8 Å². The normalized spacial score (nSPS) is 16.2. The van der Waals surface area contributed by atoms with Crippen LogP contribution in [0.2, 0.25) is 0 Å². The van der Waals surface area contributed by atoms with Gasteiger partial charge in [-0.05, 0) is 36.0 Å². The molecule has 23 heavy (non-hydrogen) atoms. The van der Waals surface area contributed by atoms with Crippen molar-refractivity contribution in [1.29, 1.82) is 0 Å². The Bertz CT molecular complexity index is 770. The topological polar surface area (TPSA) is 65.2 Å². The Morgan fingerprint density at radius 2 is 2.04 bits per heavy atom. The third-order valence-electron chi connectivity index (χ3n) is 3.15. The summed E-state index contributed by atoms with van der Waals surface area (Å²) in [6.45, 7) is 0. The highest BCUT2D eigenvalue weighted by atomic mass is 32.2. The van der Waals surface area contributed by atoms with Crippen LogP contribution in [0.3, 0.4) is 0 Å². The molecule has 0 saturated carbocycles. The van der Waals surface area contributed by atoms with Crippen molar-refractivity contribution in [2.75, 3.05) is 0 Å². The van der Waals surface area contributed by atoms with Crippen LogP contribution in [0.1, 0.15) is 11.3 Å². The second kappa shape index (κ2) is 6.80. The molecule has 2 amide bonds. The first-order chi connectivity index (χ1) is 11.1. The van der Waals surface area contributed by atoms with Gasteiger partial charge in [0.2, 0.25) is 5.91 Å². The third kappa shape index (κ3) is 3.69. The average molecular weight is 343 g/mol. The summed E-state index contributed by atoms with van der Waals surface area (Å²) in [6.07, 6.45) is 3.67. The van der Waals surface area contributed by atoms with Crippen molar-refractivity contribution < 1.29 is 9.59 Å². The molecule has 0 aliphatic carbocycles. The van der Waals surface area contributed by atoms with Gasteiger partial charge in [0.25, 0.3) is 5.91 Å². The maximum Gasteiger partial charge on any atom is 0.285 e. The van der Waals surface area contributed by atoms with Crippen molar-refractivity contribution in [2.24, 2.45) is 0 Å². The SMILES string of the molecule is O=C(Cc1ccccc1)NN1C(=O)/C(=C\c2ccc[nH]2)SC1=S. The van der Waals surface area contributed by atoms with E-state index in [0.29, 0.717) is 9.23 Å². The number of amides is 2. The van der Waals surface area contributed by atoms with E-state index in [1.807, 2.05) is 42.5 Å². The molecule has 0 spiro atoms. The lowest BCUT2D eigenvalue weighted by Gasteiger charge is -2.15. The van der Waals surface area contributed by atoms with E-state index < -0.39 is 0 Å². The van der Waals surface area contributed by atoms with Gasteiger partial charge in [0, 0.05) is 11.9 Å². The molecule has 2 heterocycles. The molecule has 0 bridgehead atoms. The van der Waals surface area contributed by atoms with Crippen molar-refractivity contribution in [2.45, 2.75) is 6.42 Å². The first-order valence-corrected chi connectivity index (χ1v) is 8.11. The number of thiocarbonyl (C=S) groups is 1. The number of H-pyrrole nitrogens is 1. The molecule has 1 aliphatic heterocycles. The molecule has 0 unspecified atom stereocenters. The number of hydrogen-bond donors (Lipinski definition) is 2. The predicted octanol–water partition coefficient (Wildman–Crippen LogP) is 2.49. The molecule has 3 rings (SSSR count). The van der Waals surface area contributed by atoms with Gasteiger partial charge in [-0.15, -0.1) is 0 Å². The summed E-state index contributed by atoms with van der Waals surface area (Å²) in [5.41, 5.74) is 4.25. The minimum Gasteiger partial charge on any atom is -0.362 e. The molecular weight excluding hydrogens is 330 g/mol. The first kappa shape index (κ1) is 15.5. The van der Waals surface area contributed by atoms with Gasteiger partial charge in [-0.25, -0.2) is 0 Å². The van der Waals surface area contributed by atoms with E-state index >= 15 is 0 Å². The number of benzene rings is 1. The molecule has 1 aromatic carbocycles. The summed E-state index contributed by atoms with van der Waals surface area (Å²) < 4.78 is 0.314. The number of hydrazine groups is 1. The summed E-state index contributed by atoms with van der Waals surface area (Å²) >= 11 is 6.34. The summed E-state index contributed by atoms with van der Waals surface area (Å²) in [5, 5.41) is 1.13. The quantitative estimate of drug-likeness (QED) is 0.661. The van der Waals surface area contributed by atoms with Crippen molar-refractivity contribution in [3.63, 3.8) is 0 Å². The van der Waals surface area contributed by atoms with E-state index in [9.17, 15) is 9.59 Å². The van der Waals surface area contributed by atoms with Crippen molar-refractivity contribution in [3.8, 4) is 0 Å². The highest BCUT2D eigenvalue weighted by Crippen LogP contribution is 2.31. The molecule has 0 atom stereocenters. The molecule has 2 N–H and O–H groups in total. The van der Waals surface area contributed by atoms with Crippen LogP contribution >= 0.6 is 24.0 Å². The van der Waals surface area contributed by atoms with E-state index in [2.05, 4.69) is 10.4 Å². The summed E-state index contributed by atoms with van der Waals surface area (Å²) in [4.78, 5) is 27.9. The average Bonchev–Trinajstić information content (AvgIpc) is 3.13. The molecular formula is C16H13N3O2S2. The Morgan fingerprint density at radius 1 is 1.26 bits per heavy atom. The standard InChI is InChI=1S/C16H13N3O2S2/c20-14(9-11-5-2-1-3-6-11)18-19-15(21)13(23-16(19)22)10-12-7-4-8-17-12/h1-8,10,17H,9H2,(H,18,20)/b13-10+. The monoisotopic (exact) mass is 343 g/mol. The van der Waals surface area contributed by atoms with Crippen LogP contribution in [-0.2, 0) is 16.0 Å². The predicted molar refractivity (Wildman–Crippen MR) is 94.1 cm³/mol. The Labute approximate surface area is 142 Å². The summed E-state index contributed by atoms with van der Waals surface area (Å²) in [6, 6.07) is 13.0. The zero-order valence-corrected chi connectivity index (χ0v) is 13.6. The Hall–Kier alpha value is -2.38. The molecule has 1 aliphatic rings. The molecule has 2 aromatic rings. The molecule has 7 heteroatoms. The number of aromatic amines is 1. The van der Waals surface area contributed by atoms with Gasteiger partial charge < -0.3 is 4.98 Å². The highest BCUT2D eigenvalue weighted by Gasteiger charge is 2.33. The molecule has 116 valence electrons. The lowest BCUT2D eigenvalue weighted by Crippen LogP contribution is -2.45. The van der Waals surface area contributed by atoms with Crippen molar-refractivity contribution >= 4 is 46.2 Å². The number of hydrogen-bond acceptors (Lipinski definition) is 4. The van der Waals surface area contributed by atoms with Gasteiger partial charge in [-0.2, -0.15) is 5.01 Å². The third-order valence-corrected chi connectivity index (χ3v) is 4.45. The zero-order valence-electron chi connectivity index (χ0n) is 12.0. The van der Waals surface area contributed by atoms with Crippen LogP contribution in [0.15, 0.2) is 53.6 Å². The number of nitrogens with zero attached hydrogens (tertiary/aromatic N) is 1. The zero-order chi connectivity index (χ0) is 16.2. The second-order valence-electron chi connectivity index (χ2n) is 4.84. The van der Waals surface area contributed by atoms with Crippen LogP contribution in [0, 0.1) is 0 Å². The van der Waals surface area contributed by atoms with Gasteiger partial charge >= 0.3 is 0 Å². The number of carbonyl (C=O) groups excluding carboxylic acids is 2. The number of nitrogens with one attached hydrogen (secondary N) is 2. The fourth-order valence-corrected chi connectivity index (χ4v) is 3.26. The van der Waals surface area contributed by atoms with Crippen LogP contribution in [0.5, 0.6) is 0 Å². The molecule has 1 saturated heterocycles. The van der Waals surface area contributed by atoms with E-state index in [1.54, 1.807) is 12.3 Å². The highest BCUT2D eigenvalue weighted by molar-refractivity contribution is 8.26. The van der Waals surface area contributed by atoms with Crippen LogP contribution in [0.4, 0.5) is 0 Å². The molecule has 1 aromatic heterocycles. The molecule has 0 radical (unpaired) electrons. The Kier molecular flexibility index (Phi) is 4.59. The first-order valence-electron chi connectivity index (χ1n) is 6.88. The van der Waals surface area contributed by atoms with E-state index in [1.165, 1.54) is 0 Å². The number of aromatic nitrogens is 1. The van der Waals surface area contributed by atoms with Gasteiger partial charge in [0.1, 0.15) is 0 Å². The van der Waals surface area contributed by atoms with Gasteiger partial charge in [-0.1, -0.05) is 42.1 Å². The van der Waals surface area contributed by atoms with Crippen LogP contribution < -0.4 is 5.43 Å². The minimum absolute atomic E-state index is 0.188. The largest absolute Gasteiger partial charge is 0.362 e. The summed E-state index contributed by atoms with van der Waals surface area (Å²) in [7, 11) is 0. The smallest absolute Gasteiger partial charge is 0.285 e.